The summed E-state index contributed by atoms with van der Waals surface area (Å²) < 4.78 is 6.02. The van der Waals surface area contributed by atoms with Crippen LogP contribution in [-0.4, -0.2) is 4.98 Å². The van der Waals surface area contributed by atoms with E-state index in [2.05, 4.69) is 192 Å². The molecule has 0 aliphatic heterocycles. The van der Waals surface area contributed by atoms with E-state index >= 15 is 0 Å². The molecule has 0 radical (unpaired) electrons. The number of anilines is 3. The normalized spacial score (nSPS) is 11.6. The fourth-order valence-corrected chi connectivity index (χ4v) is 8.11. The SMILES string of the molecule is c1ccc2cc3cc(-c4ccc(N(c5ccc(-c6ccc(-c7nc8ccccc8o7)cc6)cc5)c5ccc6c(ccc7ccccc76)c5)cc4)ccc3cc2c1. The van der Waals surface area contributed by atoms with Crippen molar-refractivity contribution in [1.29, 1.82) is 0 Å². The Hall–Kier alpha value is -7.49. The van der Waals surface area contributed by atoms with Gasteiger partial charge < -0.3 is 9.32 Å². The first kappa shape index (κ1) is 32.0. The van der Waals surface area contributed by atoms with E-state index in [9.17, 15) is 0 Å². The summed E-state index contributed by atoms with van der Waals surface area (Å²) in [6.45, 7) is 0. The van der Waals surface area contributed by atoms with E-state index in [0.29, 0.717) is 5.89 Å². The molecule has 0 unspecified atom stereocenters. The molecule has 0 fully saturated rings. The van der Waals surface area contributed by atoms with E-state index in [-0.39, 0.29) is 0 Å². The monoisotopic (exact) mass is 714 g/mol. The van der Waals surface area contributed by atoms with Crippen molar-refractivity contribution in [2.24, 2.45) is 0 Å². The highest BCUT2D eigenvalue weighted by Gasteiger charge is 2.15. The van der Waals surface area contributed by atoms with Crippen molar-refractivity contribution in [3.63, 3.8) is 0 Å². The lowest BCUT2D eigenvalue weighted by Gasteiger charge is -2.26. The predicted molar refractivity (Wildman–Crippen MR) is 235 cm³/mol. The number of hydrogen-bond donors (Lipinski definition) is 0. The molecule has 0 N–H and O–H groups in total. The van der Waals surface area contributed by atoms with E-state index < -0.39 is 0 Å². The summed E-state index contributed by atoms with van der Waals surface area (Å²) in [6.07, 6.45) is 0. The highest BCUT2D eigenvalue weighted by Crippen LogP contribution is 2.40. The number of fused-ring (bicyclic) bond motifs is 6. The Labute approximate surface area is 324 Å². The minimum absolute atomic E-state index is 0.632. The van der Waals surface area contributed by atoms with Gasteiger partial charge in [-0.05, 0) is 144 Å². The van der Waals surface area contributed by atoms with Gasteiger partial charge >= 0.3 is 0 Å². The molecule has 3 heteroatoms. The summed E-state index contributed by atoms with van der Waals surface area (Å²) >= 11 is 0. The number of para-hydroxylation sites is 2. The van der Waals surface area contributed by atoms with Gasteiger partial charge in [0.2, 0.25) is 5.89 Å². The maximum absolute atomic E-state index is 6.02. The van der Waals surface area contributed by atoms with Gasteiger partial charge in [0.1, 0.15) is 5.52 Å². The summed E-state index contributed by atoms with van der Waals surface area (Å²) in [4.78, 5) is 7.03. The standard InChI is InChI=1S/C53H34N2O/c1-2-9-41-32-45-33-42(18-19-43(45)31-40(41)8-1)37-23-27-47(28-24-37)55(48-29-30-50-44(34-48)20-15-38-7-3-4-10-49(38)50)46-25-21-36(22-26-46)35-13-16-39(17-14-35)53-54-51-11-5-6-12-52(51)56-53/h1-34H. The van der Waals surface area contributed by atoms with Crippen LogP contribution in [0.4, 0.5) is 17.1 Å². The van der Waals surface area contributed by atoms with Gasteiger partial charge in [0.25, 0.3) is 0 Å². The van der Waals surface area contributed by atoms with Crippen LogP contribution >= 0.6 is 0 Å². The minimum atomic E-state index is 0.632. The minimum Gasteiger partial charge on any atom is -0.436 e. The van der Waals surface area contributed by atoms with Crippen LogP contribution in [0.3, 0.4) is 0 Å². The van der Waals surface area contributed by atoms with Gasteiger partial charge in [0.05, 0.1) is 0 Å². The Balaban J connectivity index is 0.954. The summed E-state index contributed by atoms with van der Waals surface area (Å²) in [5.74, 6) is 0.632. The van der Waals surface area contributed by atoms with Crippen molar-refractivity contribution < 1.29 is 4.42 Å². The number of oxazole rings is 1. The zero-order chi connectivity index (χ0) is 37.0. The molecular weight excluding hydrogens is 681 g/mol. The maximum atomic E-state index is 6.02. The van der Waals surface area contributed by atoms with Crippen LogP contribution in [0, 0.1) is 0 Å². The third-order valence-electron chi connectivity index (χ3n) is 11.0. The summed E-state index contributed by atoms with van der Waals surface area (Å²) in [7, 11) is 0. The van der Waals surface area contributed by atoms with E-state index in [1.165, 1.54) is 54.2 Å². The van der Waals surface area contributed by atoms with Gasteiger partial charge in [-0.2, -0.15) is 0 Å². The molecule has 0 bridgehead atoms. The molecule has 0 amide bonds. The highest BCUT2D eigenvalue weighted by atomic mass is 16.3. The first-order chi connectivity index (χ1) is 27.7. The zero-order valence-corrected chi connectivity index (χ0v) is 30.4. The second kappa shape index (κ2) is 13.1. The fraction of sp³-hybridized carbons (Fsp3) is 0. The third-order valence-corrected chi connectivity index (χ3v) is 11.0. The van der Waals surface area contributed by atoms with Crippen molar-refractivity contribution in [3.05, 3.63) is 206 Å². The van der Waals surface area contributed by atoms with Crippen LogP contribution in [0.15, 0.2) is 211 Å². The van der Waals surface area contributed by atoms with Crippen LogP contribution in [0.5, 0.6) is 0 Å². The van der Waals surface area contributed by atoms with Crippen molar-refractivity contribution >= 4 is 71.3 Å². The predicted octanol–water partition coefficient (Wildman–Crippen LogP) is 14.9. The molecule has 11 rings (SSSR count). The second-order valence-electron chi connectivity index (χ2n) is 14.4. The molecule has 0 spiro atoms. The average Bonchev–Trinajstić information content (AvgIpc) is 3.71. The molecule has 0 atom stereocenters. The Morgan fingerprint density at radius 2 is 0.821 bits per heavy atom. The molecule has 0 saturated heterocycles. The topological polar surface area (TPSA) is 29.3 Å². The summed E-state index contributed by atoms with van der Waals surface area (Å²) in [5.41, 5.74) is 10.6. The van der Waals surface area contributed by atoms with E-state index in [0.717, 1.165) is 44.9 Å². The molecular formula is C53H34N2O. The Bertz CT molecular complexity index is 3200. The quantitative estimate of drug-likeness (QED) is 0.127. The highest BCUT2D eigenvalue weighted by molar-refractivity contribution is 6.08. The Morgan fingerprint density at radius 1 is 0.321 bits per heavy atom. The molecule has 10 aromatic carbocycles. The number of benzene rings is 10. The number of nitrogens with zero attached hydrogens (tertiary/aromatic N) is 2. The van der Waals surface area contributed by atoms with Crippen LogP contribution in [0.2, 0.25) is 0 Å². The zero-order valence-electron chi connectivity index (χ0n) is 30.4. The van der Waals surface area contributed by atoms with Gasteiger partial charge in [-0.15, -0.1) is 0 Å². The molecule has 0 saturated carbocycles. The third kappa shape index (κ3) is 5.66. The molecule has 262 valence electrons. The van der Waals surface area contributed by atoms with Crippen LogP contribution in [0.25, 0.3) is 87.9 Å². The molecule has 0 aliphatic rings. The molecule has 0 aliphatic carbocycles. The van der Waals surface area contributed by atoms with Gasteiger partial charge in [0, 0.05) is 22.6 Å². The average molecular weight is 715 g/mol. The van der Waals surface area contributed by atoms with Crippen LogP contribution in [0.1, 0.15) is 0 Å². The van der Waals surface area contributed by atoms with Gasteiger partial charge in [0.15, 0.2) is 5.58 Å². The van der Waals surface area contributed by atoms with Crippen LogP contribution < -0.4 is 4.90 Å². The Kier molecular flexibility index (Phi) is 7.49. The van der Waals surface area contributed by atoms with Gasteiger partial charge in [-0.1, -0.05) is 127 Å². The molecule has 56 heavy (non-hydrogen) atoms. The number of hydrogen-bond acceptors (Lipinski definition) is 3. The first-order valence-corrected chi connectivity index (χ1v) is 19.0. The van der Waals surface area contributed by atoms with Crippen molar-refractivity contribution in [1.82, 2.24) is 4.98 Å². The maximum Gasteiger partial charge on any atom is 0.227 e. The summed E-state index contributed by atoms with van der Waals surface area (Å²) in [5, 5.41) is 10.0. The Morgan fingerprint density at radius 3 is 1.55 bits per heavy atom. The van der Waals surface area contributed by atoms with Gasteiger partial charge in [-0.3, -0.25) is 0 Å². The van der Waals surface area contributed by atoms with E-state index in [1.54, 1.807) is 0 Å². The summed E-state index contributed by atoms with van der Waals surface area (Å²) in [6, 6.07) is 73.9. The molecule has 1 heterocycles. The van der Waals surface area contributed by atoms with E-state index in [1.807, 2.05) is 24.3 Å². The fourth-order valence-electron chi connectivity index (χ4n) is 8.11. The lowest BCUT2D eigenvalue weighted by Crippen LogP contribution is -2.09. The van der Waals surface area contributed by atoms with Crippen molar-refractivity contribution in [2.75, 3.05) is 4.90 Å². The molecule has 3 nitrogen and oxygen atoms in total. The largest absolute Gasteiger partial charge is 0.436 e. The number of rotatable bonds is 6. The van der Waals surface area contributed by atoms with Crippen molar-refractivity contribution in [3.8, 4) is 33.7 Å². The van der Waals surface area contributed by atoms with Gasteiger partial charge in [-0.25, -0.2) is 4.98 Å². The van der Waals surface area contributed by atoms with Crippen molar-refractivity contribution in [2.45, 2.75) is 0 Å². The second-order valence-corrected chi connectivity index (χ2v) is 14.4. The van der Waals surface area contributed by atoms with Crippen LogP contribution in [-0.2, 0) is 0 Å². The molecule has 11 aromatic rings. The lowest BCUT2D eigenvalue weighted by atomic mass is 9.98. The number of aromatic nitrogens is 1. The molecule has 1 aromatic heterocycles. The van der Waals surface area contributed by atoms with E-state index in [4.69, 9.17) is 4.42 Å². The first-order valence-electron chi connectivity index (χ1n) is 19.0. The lowest BCUT2D eigenvalue weighted by molar-refractivity contribution is 0.620. The smallest absolute Gasteiger partial charge is 0.227 e.